The van der Waals surface area contributed by atoms with Crippen molar-refractivity contribution in [2.24, 2.45) is 0 Å². The van der Waals surface area contributed by atoms with E-state index in [2.05, 4.69) is 20.0 Å². The van der Waals surface area contributed by atoms with Gasteiger partial charge in [-0.2, -0.15) is 0 Å². The van der Waals surface area contributed by atoms with E-state index in [1.165, 1.54) is 14.2 Å². The van der Waals surface area contributed by atoms with Crippen LogP contribution in [0.25, 0.3) is 0 Å². The van der Waals surface area contributed by atoms with Crippen molar-refractivity contribution >= 4 is 18.0 Å². The average molecular weight is 430 g/mol. The van der Waals surface area contributed by atoms with Crippen LogP contribution in [0.1, 0.15) is 35.8 Å². The maximum atomic E-state index is 13.2. The maximum absolute atomic E-state index is 13.2. The number of benzene rings is 1. The second-order valence-electron chi connectivity index (χ2n) is 7.03. The first kappa shape index (κ1) is 22.1. The van der Waals surface area contributed by atoms with Crippen molar-refractivity contribution in [1.29, 1.82) is 0 Å². The number of fused-ring (bicyclic) bond motifs is 1. The van der Waals surface area contributed by atoms with E-state index in [0.717, 1.165) is 17.0 Å². The maximum Gasteiger partial charge on any atom is 0.328 e. The van der Waals surface area contributed by atoms with Crippen molar-refractivity contribution in [3.05, 3.63) is 47.5 Å². The lowest BCUT2D eigenvalue weighted by molar-refractivity contribution is -0.144. The average Bonchev–Trinajstić information content (AvgIpc) is 3.29. The Hall–Kier alpha value is -3.56. The number of H-pyrrole nitrogens is 1. The van der Waals surface area contributed by atoms with Crippen molar-refractivity contribution in [3.8, 4) is 5.75 Å². The third kappa shape index (κ3) is 4.96. The summed E-state index contributed by atoms with van der Waals surface area (Å²) in [4.78, 5) is 46.1. The molecule has 2 heterocycles. The summed E-state index contributed by atoms with van der Waals surface area (Å²) in [6.07, 6.45) is 2.23. The Labute approximate surface area is 179 Å². The Morgan fingerprint density at radius 3 is 2.77 bits per heavy atom. The molecule has 1 aromatic heterocycles. The van der Waals surface area contributed by atoms with Crippen molar-refractivity contribution in [2.75, 3.05) is 27.9 Å². The zero-order valence-electron chi connectivity index (χ0n) is 17.7. The van der Waals surface area contributed by atoms with Gasteiger partial charge in [0.15, 0.2) is 0 Å². The molecular formula is C21H26N4O6. The number of carbonyl (C=O) groups is 3. The van der Waals surface area contributed by atoms with Gasteiger partial charge in [-0.05, 0) is 24.1 Å². The number of esters is 2. The number of nitrogens with one attached hydrogen (secondary N) is 2. The Balaban J connectivity index is 1.86. The van der Waals surface area contributed by atoms with E-state index in [4.69, 9.17) is 9.47 Å². The normalized spacial score (nSPS) is 16.1. The molecule has 2 N–H and O–H groups in total. The number of hydrogen-bond donors (Lipinski definition) is 2. The highest BCUT2D eigenvalue weighted by Crippen LogP contribution is 2.34. The molecule has 2 atom stereocenters. The Kier molecular flexibility index (Phi) is 7.11. The van der Waals surface area contributed by atoms with E-state index in [-0.39, 0.29) is 12.8 Å². The van der Waals surface area contributed by atoms with Gasteiger partial charge in [0, 0.05) is 25.1 Å². The number of aromatic nitrogens is 2. The van der Waals surface area contributed by atoms with Gasteiger partial charge in [0.25, 0.3) is 0 Å². The fourth-order valence-corrected chi connectivity index (χ4v) is 3.63. The second-order valence-corrected chi connectivity index (χ2v) is 7.03. The van der Waals surface area contributed by atoms with Crippen LogP contribution < -0.4 is 10.1 Å². The van der Waals surface area contributed by atoms with Crippen LogP contribution in [0.5, 0.6) is 5.75 Å². The van der Waals surface area contributed by atoms with Crippen LogP contribution in [0.15, 0.2) is 30.6 Å². The minimum absolute atomic E-state index is 0.0284. The third-order valence-corrected chi connectivity index (χ3v) is 5.24. The summed E-state index contributed by atoms with van der Waals surface area (Å²) in [5.41, 5.74) is 2.51. The predicted octanol–water partition coefficient (Wildman–Crippen LogP) is 1.57. The molecular weight excluding hydrogens is 404 g/mol. The first-order chi connectivity index (χ1) is 15.0. The van der Waals surface area contributed by atoms with E-state index in [0.29, 0.717) is 18.7 Å². The quantitative estimate of drug-likeness (QED) is 0.639. The highest BCUT2D eigenvalue weighted by Gasteiger charge is 2.36. The first-order valence-electron chi connectivity index (χ1n) is 9.86. The summed E-state index contributed by atoms with van der Waals surface area (Å²) in [5.74, 6) is -0.449. The second kappa shape index (κ2) is 9.96. The van der Waals surface area contributed by atoms with E-state index >= 15 is 0 Å². The minimum Gasteiger partial charge on any atom is -0.497 e. The Morgan fingerprint density at radius 1 is 1.26 bits per heavy atom. The minimum atomic E-state index is -0.983. The lowest BCUT2D eigenvalue weighted by atomic mass is 9.95. The van der Waals surface area contributed by atoms with E-state index in [9.17, 15) is 14.4 Å². The van der Waals surface area contributed by atoms with Crippen molar-refractivity contribution in [3.63, 3.8) is 0 Å². The van der Waals surface area contributed by atoms with Crippen LogP contribution in [0.3, 0.4) is 0 Å². The van der Waals surface area contributed by atoms with Gasteiger partial charge in [-0.3, -0.25) is 4.79 Å². The summed E-state index contributed by atoms with van der Waals surface area (Å²) < 4.78 is 14.8. The molecule has 1 aliphatic heterocycles. The number of carbonyl (C=O) groups excluding carboxylic acids is 3. The highest BCUT2D eigenvalue weighted by atomic mass is 16.5. The van der Waals surface area contributed by atoms with Crippen molar-refractivity contribution in [2.45, 2.75) is 31.3 Å². The molecule has 0 aliphatic carbocycles. The molecule has 10 heteroatoms. The van der Waals surface area contributed by atoms with Crippen molar-refractivity contribution < 1.29 is 28.6 Å². The number of rotatable bonds is 7. The van der Waals surface area contributed by atoms with Crippen LogP contribution in [-0.2, 0) is 25.5 Å². The number of aromatic amines is 1. The monoisotopic (exact) mass is 430 g/mol. The van der Waals surface area contributed by atoms with Gasteiger partial charge in [-0.1, -0.05) is 12.1 Å². The SMILES string of the molecule is COC(=O)CC[C@H](NC(=O)N1CCc2[nH]cnc2[C@H]1c1cccc(OC)c1)C(=O)OC. The summed E-state index contributed by atoms with van der Waals surface area (Å²) in [6.45, 7) is 0.411. The number of methoxy groups -OCH3 is 3. The standard InChI is InChI=1S/C21H26N4O6/c1-29-14-6-4-5-13(11-14)19-18-15(22-12-23-18)9-10-25(19)21(28)24-16(20(27)31-3)7-8-17(26)30-2/h4-6,11-12,16,19H,7-10H2,1-3H3,(H,22,23)(H,24,28)/t16-,19+/m0/s1. The number of hydrogen-bond acceptors (Lipinski definition) is 7. The highest BCUT2D eigenvalue weighted by molar-refractivity contribution is 5.84. The van der Waals surface area contributed by atoms with Crippen LogP contribution in [-0.4, -0.2) is 66.8 Å². The molecule has 0 spiro atoms. The third-order valence-electron chi connectivity index (χ3n) is 5.24. The van der Waals surface area contributed by atoms with Crippen LogP contribution >= 0.6 is 0 Å². The molecule has 10 nitrogen and oxygen atoms in total. The lowest BCUT2D eigenvalue weighted by Crippen LogP contribution is -2.51. The first-order valence-corrected chi connectivity index (χ1v) is 9.86. The van der Waals surface area contributed by atoms with Crippen molar-refractivity contribution in [1.82, 2.24) is 20.2 Å². The number of urea groups is 1. The number of imidazole rings is 1. The molecule has 1 aromatic carbocycles. The van der Waals surface area contributed by atoms with Gasteiger partial charge < -0.3 is 29.4 Å². The van der Waals surface area contributed by atoms with Gasteiger partial charge in [-0.25, -0.2) is 14.6 Å². The molecule has 0 radical (unpaired) electrons. The molecule has 0 saturated heterocycles. The van der Waals surface area contributed by atoms with E-state index in [1.54, 1.807) is 18.3 Å². The summed E-state index contributed by atoms with van der Waals surface area (Å²) in [6, 6.07) is 5.51. The van der Waals surface area contributed by atoms with E-state index < -0.39 is 30.1 Å². The molecule has 1 aliphatic rings. The van der Waals surface area contributed by atoms with Gasteiger partial charge >= 0.3 is 18.0 Å². The van der Waals surface area contributed by atoms with Crippen LogP contribution in [0.2, 0.25) is 0 Å². The molecule has 0 unspecified atom stereocenters. The molecule has 166 valence electrons. The zero-order chi connectivity index (χ0) is 22.4. The molecule has 0 bridgehead atoms. The molecule has 0 saturated carbocycles. The largest absolute Gasteiger partial charge is 0.497 e. The lowest BCUT2D eigenvalue weighted by Gasteiger charge is -2.36. The van der Waals surface area contributed by atoms with Gasteiger partial charge in [0.1, 0.15) is 17.8 Å². The Bertz CT molecular complexity index is 943. The Morgan fingerprint density at radius 2 is 2.06 bits per heavy atom. The van der Waals surface area contributed by atoms with Crippen LogP contribution in [0, 0.1) is 0 Å². The molecule has 3 rings (SSSR count). The molecule has 0 fully saturated rings. The van der Waals surface area contributed by atoms with Gasteiger partial charge in [0.05, 0.1) is 33.4 Å². The smallest absolute Gasteiger partial charge is 0.328 e. The number of ether oxygens (including phenoxy) is 3. The van der Waals surface area contributed by atoms with E-state index in [1.807, 2.05) is 24.3 Å². The van der Waals surface area contributed by atoms with Gasteiger partial charge in [-0.15, -0.1) is 0 Å². The molecule has 2 aromatic rings. The zero-order valence-corrected chi connectivity index (χ0v) is 17.7. The number of nitrogens with zero attached hydrogens (tertiary/aromatic N) is 2. The predicted molar refractivity (Wildman–Crippen MR) is 109 cm³/mol. The van der Waals surface area contributed by atoms with Gasteiger partial charge in [0.2, 0.25) is 0 Å². The fraction of sp³-hybridized carbons (Fsp3) is 0.429. The summed E-state index contributed by atoms with van der Waals surface area (Å²) in [5, 5.41) is 2.70. The number of amides is 2. The summed E-state index contributed by atoms with van der Waals surface area (Å²) >= 11 is 0. The topological polar surface area (TPSA) is 123 Å². The molecule has 2 amide bonds. The fourth-order valence-electron chi connectivity index (χ4n) is 3.63. The summed E-state index contributed by atoms with van der Waals surface area (Å²) in [7, 11) is 4.07. The van der Waals surface area contributed by atoms with Crippen LogP contribution in [0.4, 0.5) is 4.79 Å². The molecule has 31 heavy (non-hydrogen) atoms.